The number of para-hydroxylation sites is 1. The van der Waals surface area contributed by atoms with Crippen LogP contribution in [0.25, 0.3) is 0 Å². The highest BCUT2D eigenvalue weighted by Crippen LogP contribution is 2.31. The largest absolute Gasteiger partial charge is 0.370 e. The number of hydrogen-bond donors (Lipinski definition) is 1. The van der Waals surface area contributed by atoms with Gasteiger partial charge in [-0.2, -0.15) is 0 Å². The molecular weight excluding hydrogens is 244 g/mol. The van der Waals surface area contributed by atoms with E-state index in [2.05, 4.69) is 44.1 Å². The van der Waals surface area contributed by atoms with Gasteiger partial charge in [-0.15, -0.1) is 0 Å². The van der Waals surface area contributed by atoms with E-state index >= 15 is 0 Å². The average molecular weight is 269 g/mol. The van der Waals surface area contributed by atoms with Crippen molar-refractivity contribution in [3.63, 3.8) is 0 Å². The zero-order chi connectivity index (χ0) is 13.5. The molecule has 1 rings (SSSR count). The normalized spacial score (nSPS) is 12.5. The summed E-state index contributed by atoms with van der Waals surface area (Å²) >= 11 is 6.38. The summed E-state index contributed by atoms with van der Waals surface area (Å²) in [5.41, 5.74) is 2.44. The van der Waals surface area contributed by atoms with Crippen LogP contribution in [-0.4, -0.2) is 19.6 Å². The molecule has 1 aromatic rings. The smallest absolute Gasteiger partial charge is 0.0642 e. The van der Waals surface area contributed by atoms with Gasteiger partial charge in [0, 0.05) is 19.6 Å². The third-order valence-corrected chi connectivity index (χ3v) is 3.66. The van der Waals surface area contributed by atoms with Gasteiger partial charge in [-0.25, -0.2) is 0 Å². The van der Waals surface area contributed by atoms with E-state index in [4.69, 9.17) is 11.6 Å². The Kier molecular flexibility index (Phi) is 6.51. The predicted octanol–water partition coefficient (Wildman–Crippen LogP) is 4.07. The third kappa shape index (κ3) is 3.89. The quantitative estimate of drug-likeness (QED) is 0.802. The lowest BCUT2D eigenvalue weighted by Crippen LogP contribution is -2.30. The molecule has 0 saturated carbocycles. The van der Waals surface area contributed by atoms with E-state index in [-0.39, 0.29) is 0 Å². The lowest BCUT2D eigenvalue weighted by molar-refractivity contribution is 0.612. The molecule has 0 aliphatic heterocycles. The van der Waals surface area contributed by atoms with E-state index in [0.717, 1.165) is 18.1 Å². The molecule has 3 heteroatoms. The fraction of sp³-hybridized carbons (Fsp3) is 0.600. The Hall–Kier alpha value is -0.730. The number of rotatable bonds is 7. The van der Waals surface area contributed by atoms with Crippen LogP contribution in [-0.2, 0) is 6.54 Å². The van der Waals surface area contributed by atoms with E-state index in [9.17, 15) is 0 Å². The van der Waals surface area contributed by atoms with Gasteiger partial charge in [-0.3, -0.25) is 0 Å². The van der Waals surface area contributed by atoms with Crippen LogP contribution in [0.1, 0.15) is 39.2 Å². The summed E-state index contributed by atoms with van der Waals surface area (Å²) in [5, 5.41) is 4.22. The molecule has 0 amide bonds. The van der Waals surface area contributed by atoms with Crippen molar-refractivity contribution in [3.8, 4) is 0 Å². The zero-order valence-corrected chi connectivity index (χ0v) is 12.7. The minimum Gasteiger partial charge on any atom is -0.370 e. The van der Waals surface area contributed by atoms with Gasteiger partial charge in [-0.05, 0) is 31.5 Å². The molecule has 1 atom stereocenters. The Bertz CT molecular complexity index is 366. The van der Waals surface area contributed by atoms with Crippen LogP contribution in [0.5, 0.6) is 0 Å². The minimum absolute atomic E-state index is 0.510. The van der Waals surface area contributed by atoms with E-state index in [1.54, 1.807) is 0 Å². The first-order valence-electron chi connectivity index (χ1n) is 6.82. The summed E-state index contributed by atoms with van der Waals surface area (Å²) in [6.45, 7) is 8.43. The molecule has 0 spiro atoms. The molecule has 2 nitrogen and oxygen atoms in total. The topological polar surface area (TPSA) is 15.3 Å². The zero-order valence-electron chi connectivity index (χ0n) is 12.0. The van der Waals surface area contributed by atoms with E-state index in [1.807, 2.05) is 12.1 Å². The number of nitrogens with one attached hydrogen (secondary N) is 1. The molecule has 0 aliphatic carbocycles. The molecule has 0 radical (unpaired) electrons. The summed E-state index contributed by atoms with van der Waals surface area (Å²) in [6, 6.07) is 6.66. The van der Waals surface area contributed by atoms with Crippen molar-refractivity contribution >= 4 is 17.3 Å². The molecule has 0 fully saturated rings. The van der Waals surface area contributed by atoms with Gasteiger partial charge < -0.3 is 10.2 Å². The first-order chi connectivity index (χ1) is 8.61. The van der Waals surface area contributed by atoms with Crippen LogP contribution < -0.4 is 10.2 Å². The second-order valence-corrected chi connectivity index (χ2v) is 5.18. The Morgan fingerprint density at radius 3 is 2.67 bits per heavy atom. The molecule has 1 N–H and O–H groups in total. The van der Waals surface area contributed by atoms with Crippen molar-refractivity contribution in [1.29, 1.82) is 0 Å². The maximum Gasteiger partial charge on any atom is 0.0642 e. The monoisotopic (exact) mass is 268 g/mol. The Labute approximate surface area is 116 Å². The third-order valence-electron chi connectivity index (χ3n) is 3.36. The van der Waals surface area contributed by atoms with Crippen LogP contribution in [0.15, 0.2) is 18.2 Å². The fourth-order valence-electron chi connectivity index (χ4n) is 2.19. The molecule has 18 heavy (non-hydrogen) atoms. The van der Waals surface area contributed by atoms with E-state index < -0.39 is 0 Å². The van der Waals surface area contributed by atoms with Gasteiger partial charge in [0.15, 0.2) is 0 Å². The predicted molar refractivity (Wildman–Crippen MR) is 81.6 cm³/mol. The first-order valence-corrected chi connectivity index (χ1v) is 7.20. The Morgan fingerprint density at radius 1 is 1.33 bits per heavy atom. The first kappa shape index (κ1) is 15.3. The second-order valence-electron chi connectivity index (χ2n) is 4.78. The van der Waals surface area contributed by atoms with Crippen LogP contribution in [0.4, 0.5) is 5.69 Å². The second kappa shape index (κ2) is 7.65. The molecule has 102 valence electrons. The number of halogens is 1. The van der Waals surface area contributed by atoms with E-state index in [1.165, 1.54) is 24.1 Å². The lowest BCUT2D eigenvalue weighted by atomic mass is 10.1. The average Bonchev–Trinajstić information content (AvgIpc) is 2.36. The number of hydrogen-bond acceptors (Lipinski definition) is 2. The molecule has 0 aliphatic rings. The van der Waals surface area contributed by atoms with Gasteiger partial charge in [0.05, 0.1) is 10.7 Å². The summed E-state index contributed by atoms with van der Waals surface area (Å²) in [4.78, 5) is 2.30. The van der Waals surface area contributed by atoms with Gasteiger partial charge >= 0.3 is 0 Å². The maximum absolute atomic E-state index is 6.38. The summed E-state index contributed by atoms with van der Waals surface area (Å²) in [5.74, 6) is 0. The van der Waals surface area contributed by atoms with Gasteiger partial charge in [0.2, 0.25) is 0 Å². The number of benzene rings is 1. The van der Waals surface area contributed by atoms with Gasteiger partial charge in [0.1, 0.15) is 0 Å². The molecule has 0 heterocycles. The molecule has 1 aromatic carbocycles. The summed E-state index contributed by atoms with van der Waals surface area (Å²) in [6.07, 6.45) is 2.38. The summed E-state index contributed by atoms with van der Waals surface area (Å²) < 4.78 is 0. The van der Waals surface area contributed by atoms with Crippen molar-refractivity contribution in [2.24, 2.45) is 0 Å². The Balaban J connectivity index is 2.97. The molecule has 0 bridgehead atoms. The van der Waals surface area contributed by atoms with Gasteiger partial charge in [-0.1, -0.05) is 44.0 Å². The van der Waals surface area contributed by atoms with Crippen LogP contribution >= 0.6 is 11.6 Å². The Morgan fingerprint density at radius 2 is 2.06 bits per heavy atom. The van der Waals surface area contributed by atoms with Crippen LogP contribution in [0.2, 0.25) is 5.02 Å². The number of nitrogens with zero attached hydrogens (tertiary/aromatic N) is 1. The highest BCUT2D eigenvalue weighted by molar-refractivity contribution is 6.33. The molecule has 0 saturated heterocycles. The van der Waals surface area contributed by atoms with Crippen molar-refractivity contribution < 1.29 is 0 Å². The highest BCUT2D eigenvalue weighted by Gasteiger charge is 2.15. The summed E-state index contributed by atoms with van der Waals surface area (Å²) in [7, 11) is 2.14. The molecule has 1 unspecified atom stereocenters. The van der Waals surface area contributed by atoms with E-state index in [0.29, 0.717) is 6.04 Å². The lowest BCUT2D eigenvalue weighted by Gasteiger charge is -2.30. The standard InChI is InChI=1S/C15H25ClN2/c1-5-8-12(3)18(4)15-13(11-17-6-2)9-7-10-14(15)16/h7,9-10,12,17H,5-6,8,11H2,1-4H3. The van der Waals surface area contributed by atoms with Crippen LogP contribution in [0, 0.1) is 0 Å². The molecule has 0 aromatic heterocycles. The number of anilines is 1. The minimum atomic E-state index is 0.510. The highest BCUT2D eigenvalue weighted by atomic mass is 35.5. The maximum atomic E-state index is 6.38. The van der Waals surface area contributed by atoms with Crippen molar-refractivity contribution in [2.45, 2.75) is 46.2 Å². The SMILES string of the molecule is CCCC(C)N(C)c1c(Cl)cccc1CNCC. The van der Waals surface area contributed by atoms with Crippen molar-refractivity contribution in [1.82, 2.24) is 5.32 Å². The fourth-order valence-corrected chi connectivity index (χ4v) is 2.52. The van der Waals surface area contributed by atoms with Crippen molar-refractivity contribution in [2.75, 3.05) is 18.5 Å². The molecular formula is C15H25ClN2. The van der Waals surface area contributed by atoms with Gasteiger partial charge in [0.25, 0.3) is 0 Å². The van der Waals surface area contributed by atoms with Crippen LogP contribution in [0.3, 0.4) is 0 Å². The van der Waals surface area contributed by atoms with Crippen molar-refractivity contribution in [3.05, 3.63) is 28.8 Å².